The summed E-state index contributed by atoms with van der Waals surface area (Å²) in [5, 5.41) is 20.0. The van der Waals surface area contributed by atoms with Crippen LogP contribution in [-0.4, -0.2) is 11.0 Å². The maximum atomic E-state index is 12.1. The fourth-order valence-electron chi connectivity index (χ4n) is 2.68. The van der Waals surface area contributed by atoms with Gasteiger partial charge in [0, 0.05) is 5.56 Å². The Hall–Kier alpha value is -3.62. The van der Waals surface area contributed by atoms with Gasteiger partial charge in [0.05, 0.1) is 11.6 Å². The van der Waals surface area contributed by atoms with Crippen LogP contribution in [0, 0.1) is 11.3 Å². The number of rotatable bonds is 5. The van der Waals surface area contributed by atoms with Crippen molar-refractivity contribution in [1.29, 1.82) is 5.26 Å². The average molecular weight is 344 g/mol. The molecule has 0 heterocycles. The predicted molar refractivity (Wildman–Crippen MR) is 96.3 cm³/mol. The molecule has 0 aliphatic heterocycles. The summed E-state index contributed by atoms with van der Waals surface area (Å²) >= 11 is 0. The Bertz CT molecular complexity index is 980. The summed E-state index contributed by atoms with van der Waals surface area (Å²) in [5.74, 6) is 0.00375. The van der Waals surface area contributed by atoms with Crippen LogP contribution in [0.4, 0.5) is 0 Å². The third kappa shape index (κ3) is 3.27. The summed E-state index contributed by atoms with van der Waals surface area (Å²) in [6.07, 6.45) is 0. The van der Waals surface area contributed by atoms with Crippen LogP contribution >= 0.6 is 0 Å². The van der Waals surface area contributed by atoms with Gasteiger partial charge >= 0.3 is 0 Å². The summed E-state index contributed by atoms with van der Waals surface area (Å²) in [4.78, 5) is 12.1. The van der Waals surface area contributed by atoms with Crippen molar-refractivity contribution in [2.75, 3.05) is 0 Å². The van der Waals surface area contributed by atoms with Gasteiger partial charge < -0.3 is 15.6 Å². The number of nitriles is 1. The van der Waals surface area contributed by atoms with Crippen molar-refractivity contribution >= 4 is 5.91 Å². The van der Waals surface area contributed by atoms with Crippen molar-refractivity contribution in [2.24, 2.45) is 5.73 Å². The number of amides is 1. The molecule has 128 valence electrons. The number of carbonyl (C=O) groups is 1. The van der Waals surface area contributed by atoms with Gasteiger partial charge in [-0.2, -0.15) is 5.26 Å². The standard InChI is InChI=1S/C21H16N2O3/c22-14-15-6-4-10-18(12-15)26-19-11-5-9-17(13-19)21(25,20(23)24)16-7-2-1-3-8-16/h1-13,25H,(H2,23,24). The lowest BCUT2D eigenvalue weighted by Crippen LogP contribution is -2.42. The molecule has 0 fully saturated rings. The lowest BCUT2D eigenvalue weighted by Gasteiger charge is -2.26. The van der Waals surface area contributed by atoms with Crippen LogP contribution in [0.15, 0.2) is 78.9 Å². The van der Waals surface area contributed by atoms with Crippen molar-refractivity contribution in [3.63, 3.8) is 0 Å². The Balaban J connectivity index is 2.00. The van der Waals surface area contributed by atoms with Crippen LogP contribution in [-0.2, 0) is 10.4 Å². The first-order valence-electron chi connectivity index (χ1n) is 7.90. The minimum atomic E-state index is -1.98. The molecule has 26 heavy (non-hydrogen) atoms. The molecule has 0 bridgehead atoms. The van der Waals surface area contributed by atoms with Crippen LogP contribution in [0.1, 0.15) is 16.7 Å². The molecule has 0 saturated carbocycles. The molecular formula is C21H16N2O3. The lowest BCUT2D eigenvalue weighted by atomic mass is 9.85. The number of primary amides is 1. The zero-order valence-electron chi connectivity index (χ0n) is 13.8. The summed E-state index contributed by atoms with van der Waals surface area (Å²) in [6.45, 7) is 0. The van der Waals surface area contributed by atoms with E-state index in [0.717, 1.165) is 0 Å². The van der Waals surface area contributed by atoms with Gasteiger partial charge in [-0.3, -0.25) is 4.79 Å². The Labute approximate surface area is 150 Å². The van der Waals surface area contributed by atoms with E-state index in [4.69, 9.17) is 15.7 Å². The second kappa shape index (κ2) is 7.09. The first-order valence-corrected chi connectivity index (χ1v) is 7.90. The lowest BCUT2D eigenvalue weighted by molar-refractivity contribution is -0.133. The second-order valence-electron chi connectivity index (χ2n) is 5.71. The van der Waals surface area contributed by atoms with Gasteiger partial charge in [0.2, 0.25) is 0 Å². The number of aliphatic hydroxyl groups is 1. The Kier molecular flexibility index (Phi) is 4.70. The predicted octanol–water partition coefficient (Wildman–Crippen LogP) is 3.07. The summed E-state index contributed by atoms with van der Waals surface area (Å²) < 4.78 is 5.76. The van der Waals surface area contributed by atoms with Crippen molar-refractivity contribution in [2.45, 2.75) is 5.60 Å². The molecule has 3 aromatic rings. The molecule has 0 saturated heterocycles. The molecule has 0 spiro atoms. The fraction of sp³-hybridized carbons (Fsp3) is 0.0476. The second-order valence-corrected chi connectivity index (χ2v) is 5.71. The maximum absolute atomic E-state index is 12.1. The normalized spacial score (nSPS) is 12.6. The third-order valence-corrected chi connectivity index (χ3v) is 4.00. The zero-order valence-corrected chi connectivity index (χ0v) is 13.8. The molecular weight excluding hydrogens is 328 g/mol. The van der Waals surface area contributed by atoms with E-state index in [-0.39, 0.29) is 0 Å². The Morgan fingerprint density at radius 2 is 1.54 bits per heavy atom. The molecule has 1 unspecified atom stereocenters. The molecule has 1 atom stereocenters. The van der Waals surface area contributed by atoms with E-state index in [1.807, 2.05) is 6.07 Å². The van der Waals surface area contributed by atoms with Crippen molar-refractivity contribution in [3.05, 3.63) is 95.6 Å². The van der Waals surface area contributed by atoms with E-state index in [1.165, 1.54) is 0 Å². The number of hydrogen-bond acceptors (Lipinski definition) is 4. The number of benzene rings is 3. The van der Waals surface area contributed by atoms with E-state index >= 15 is 0 Å². The van der Waals surface area contributed by atoms with E-state index in [0.29, 0.717) is 28.2 Å². The molecule has 0 aliphatic rings. The Morgan fingerprint density at radius 3 is 2.19 bits per heavy atom. The quantitative estimate of drug-likeness (QED) is 0.743. The van der Waals surface area contributed by atoms with Gasteiger partial charge in [-0.15, -0.1) is 0 Å². The summed E-state index contributed by atoms with van der Waals surface area (Å²) in [6, 6.07) is 23.7. The first kappa shape index (κ1) is 17.2. The SMILES string of the molecule is N#Cc1cccc(Oc2cccc(C(O)(C(N)=O)c3ccccc3)c2)c1. The highest BCUT2D eigenvalue weighted by Gasteiger charge is 2.38. The van der Waals surface area contributed by atoms with Crippen molar-refractivity contribution < 1.29 is 14.6 Å². The molecule has 0 aromatic heterocycles. The van der Waals surface area contributed by atoms with E-state index < -0.39 is 11.5 Å². The van der Waals surface area contributed by atoms with E-state index in [2.05, 4.69) is 0 Å². The highest BCUT2D eigenvalue weighted by Crippen LogP contribution is 2.32. The van der Waals surface area contributed by atoms with Crippen molar-refractivity contribution in [3.8, 4) is 17.6 Å². The minimum Gasteiger partial charge on any atom is -0.457 e. The summed E-state index contributed by atoms with van der Waals surface area (Å²) in [5.41, 5.74) is 4.67. The van der Waals surface area contributed by atoms with Gasteiger partial charge in [-0.25, -0.2) is 0 Å². The molecule has 0 aliphatic carbocycles. The molecule has 3 N–H and O–H groups in total. The molecule has 5 nitrogen and oxygen atoms in total. The van der Waals surface area contributed by atoms with Gasteiger partial charge in [0.15, 0.2) is 5.60 Å². The number of ether oxygens (including phenoxy) is 1. The third-order valence-electron chi connectivity index (χ3n) is 4.00. The highest BCUT2D eigenvalue weighted by molar-refractivity contribution is 5.88. The molecule has 0 radical (unpaired) electrons. The van der Waals surface area contributed by atoms with Gasteiger partial charge in [0.1, 0.15) is 11.5 Å². The smallest absolute Gasteiger partial charge is 0.258 e. The summed E-state index contributed by atoms with van der Waals surface area (Å²) in [7, 11) is 0. The monoisotopic (exact) mass is 344 g/mol. The number of nitrogens with two attached hydrogens (primary N) is 1. The van der Waals surface area contributed by atoms with Crippen LogP contribution in [0.2, 0.25) is 0 Å². The molecule has 3 rings (SSSR count). The van der Waals surface area contributed by atoms with Crippen molar-refractivity contribution in [1.82, 2.24) is 0 Å². The maximum Gasteiger partial charge on any atom is 0.258 e. The van der Waals surface area contributed by atoms with Crippen LogP contribution in [0.25, 0.3) is 0 Å². The number of carbonyl (C=O) groups excluding carboxylic acids is 1. The fourth-order valence-corrected chi connectivity index (χ4v) is 2.68. The van der Waals surface area contributed by atoms with E-state index in [9.17, 15) is 9.90 Å². The number of hydrogen-bond donors (Lipinski definition) is 2. The van der Waals surface area contributed by atoms with Crippen LogP contribution < -0.4 is 10.5 Å². The first-order chi connectivity index (χ1) is 12.5. The van der Waals surface area contributed by atoms with Gasteiger partial charge in [0.25, 0.3) is 5.91 Å². The minimum absolute atomic E-state index is 0.296. The Morgan fingerprint density at radius 1 is 0.923 bits per heavy atom. The van der Waals surface area contributed by atoms with Gasteiger partial charge in [-0.05, 0) is 35.9 Å². The highest BCUT2D eigenvalue weighted by atomic mass is 16.5. The topological polar surface area (TPSA) is 96.3 Å². The number of nitrogens with zero attached hydrogens (tertiary/aromatic N) is 1. The molecule has 5 heteroatoms. The largest absolute Gasteiger partial charge is 0.457 e. The zero-order chi connectivity index (χ0) is 18.6. The van der Waals surface area contributed by atoms with Crippen LogP contribution in [0.3, 0.4) is 0 Å². The van der Waals surface area contributed by atoms with Crippen LogP contribution in [0.5, 0.6) is 11.5 Å². The molecule has 3 aromatic carbocycles. The van der Waals surface area contributed by atoms with Gasteiger partial charge in [-0.1, -0.05) is 48.5 Å². The van der Waals surface area contributed by atoms with E-state index in [1.54, 1.807) is 78.9 Å². The average Bonchev–Trinajstić information content (AvgIpc) is 2.68. The molecule has 1 amide bonds.